The van der Waals surface area contributed by atoms with Crippen molar-refractivity contribution in [3.05, 3.63) is 22.4 Å². The molecule has 1 aromatic rings. The number of hydrogen-bond acceptors (Lipinski definition) is 3. The summed E-state index contributed by atoms with van der Waals surface area (Å²) in [6, 6.07) is 2.00. The van der Waals surface area contributed by atoms with Crippen molar-refractivity contribution in [1.82, 2.24) is 5.32 Å². The first-order valence-corrected chi connectivity index (χ1v) is 7.12. The van der Waals surface area contributed by atoms with Crippen molar-refractivity contribution in [2.75, 3.05) is 0 Å². The Balaban J connectivity index is 1.76. The summed E-state index contributed by atoms with van der Waals surface area (Å²) in [5.74, 6) is -0.0411. The first-order valence-electron chi connectivity index (χ1n) is 6.18. The van der Waals surface area contributed by atoms with Crippen molar-refractivity contribution in [2.24, 2.45) is 0 Å². The zero-order valence-corrected chi connectivity index (χ0v) is 10.8. The van der Waals surface area contributed by atoms with Gasteiger partial charge in [0.05, 0.1) is 12.0 Å². The van der Waals surface area contributed by atoms with Crippen LogP contribution in [0.5, 0.6) is 0 Å². The highest BCUT2D eigenvalue weighted by Gasteiger charge is 2.31. The molecular formula is C13H19NO2S. The van der Waals surface area contributed by atoms with Crippen LogP contribution in [0.4, 0.5) is 0 Å². The van der Waals surface area contributed by atoms with Gasteiger partial charge in [0, 0.05) is 6.54 Å². The van der Waals surface area contributed by atoms with E-state index in [1.165, 1.54) is 6.42 Å². The number of rotatable bonds is 4. The van der Waals surface area contributed by atoms with Gasteiger partial charge in [0.2, 0.25) is 5.91 Å². The number of carbonyl (C=O) groups is 1. The van der Waals surface area contributed by atoms with Crippen molar-refractivity contribution in [2.45, 2.75) is 50.7 Å². The molecule has 3 nitrogen and oxygen atoms in total. The fraction of sp³-hybridized carbons (Fsp3) is 0.615. The Kier molecular flexibility index (Phi) is 4.18. The Bertz CT molecular complexity index is 356. The summed E-state index contributed by atoms with van der Waals surface area (Å²) in [6.45, 7) is 0.568. The zero-order chi connectivity index (χ0) is 12.1. The highest BCUT2D eigenvalue weighted by atomic mass is 32.1. The number of thiophene rings is 1. The van der Waals surface area contributed by atoms with Gasteiger partial charge in [0.25, 0.3) is 0 Å². The highest BCUT2D eigenvalue weighted by Crippen LogP contribution is 2.30. The van der Waals surface area contributed by atoms with Crippen LogP contribution in [0.25, 0.3) is 0 Å². The average molecular weight is 253 g/mol. The minimum absolute atomic E-state index is 0.0411. The summed E-state index contributed by atoms with van der Waals surface area (Å²) >= 11 is 1.63. The minimum atomic E-state index is -0.753. The number of nitrogens with one attached hydrogen (secondary N) is 1. The molecule has 4 heteroatoms. The smallest absolute Gasteiger partial charge is 0.223 e. The van der Waals surface area contributed by atoms with Crippen molar-refractivity contribution in [1.29, 1.82) is 0 Å². The van der Waals surface area contributed by atoms with Crippen LogP contribution < -0.4 is 5.32 Å². The van der Waals surface area contributed by atoms with Crippen molar-refractivity contribution >= 4 is 17.2 Å². The standard InChI is InChI=1S/C13H19NO2S/c15-12(14-9-11-4-7-17-10-11)8-13(16)5-2-1-3-6-13/h4,7,10,16H,1-3,5-6,8-9H2,(H,14,15). The Morgan fingerprint density at radius 1 is 1.41 bits per heavy atom. The van der Waals surface area contributed by atoms with E-state index in [1.807, 2.05) is 16.8 Å². The summed E-state index contributed by atoms with van der Waals surface area (Å²) < 4.78 is 0. The summed E-state index contributed by atoms with van der Waals surface area (Å²) in [5, 5.41) is 17.1. The number of hydrogen-bond donors (Lipinski definition) is 2. The lowest BCUT2D eigenvalue weighted by Gasteiger charge is -2.31. The van der Waals surface area contributed by atoms with Crippen LogP contribution in [0.1, 0.15) is 44.1 Å². The van der Waals surface area contributed by atoms with Crippen LogP contribution in [0.2, 0.25) is 0 Å². The second kappa shape index (κ2) is 5.65. The van der Waals surface area contributed by atoms with Gasteiger partial charge in [-0.1, -0.05) is 19.3 Å². The van der Waals surface area contributed by atoms with E-state index >= 15 is 0 Å². The van der Waals surface area contributed by atoms with E-state index in [2.05, 4.69) is 5.32 Å². The first-order chi connectivity index (χ1) is 8.18. The molecule has 0 spiro atoms. The molecule has 1 aliphatic carbocycles. The van der Waals surface area contributed by atoms with Gasteiger partial charge >= 0.3 is 0 Å². The van der Waals surface area contributed by atoms with Gasteiger partial charge in [-0.3, -0.25) is 4.79 Å². The van der Waals surface area contributed by atoms with Crippen LogP contribution in [0.15, 0.2) is 16.8 Å². The van der Waals surface area contributed by atoms with Gasteiger partial charge in [-0.05, 0) is 35.2 Å². The average Bonchev–Trinajstić information content (AvgIpc) is 2.79. The Morgan fingerprint density at radius 3 is 2.82 bits per heavy atom. The molecule has 0 saturated heterocycles. The number of aliphatic hydroxyl groups is 1. The fourth-order valence-corrected chi connectivity index (χ4v) is 3.01. The Morgan fingerprint density at radius 2 is 2.18 bits per heavy atom. The molecule has 2 rings (SSSR count). The summed E-state index contributed by atoms with van der Waals surface area (Å²) in [7, 11) is 0. The molecule has 1 aliphatic rings. The molecule has 94 valence electrons. The van der Waals surface area contributed by atoms with Crippen molar-refractivity contribution in [3.63, 3.8) is 0 Å². The second-order valence-electron chi connectivity index (χ2n) is 4.87. The van der Waals surface area contributed by atoms with E-state index in [-0.39, 0.29) is 12.3 Å². The fourth-order valence-electron chi connectivity index (χ4n) is 2.34. The molecule has 0 atom stereocenters. The molecule has 0 aromatic carbocycles. The van der Waals surface area contributed by atoms with Crippen LogP contribution in [-0.2, 0) is 11.3 Å². The van der Waals surface area contributed by atoms with Crippen LogP contribution in [0.3, 0.4) is 0 Å². The summed E-state index contributed by atoms with van der Waals surface area (Å²) in [4.78, 5) is 11.7. The maximum Gasteiger partial charge on any atom is 0.223 e. The van der Waals surface area contributed by atoms with E-state index in [0.717, 1.165) is 31.2 Å². The van der Waals surface area contributed by atoms with E-state index in [1.54, 1.807) is 11.3 Å². The van der Waals surface area contributed by atoms with Crippen LogP contribution in [-0.4, -0.2) is 16.6 Å². The van der Waals surface area contributed by atoms with Gasteiger partial charge in [-0.15, -0.1) is 0 Å². The first kappa shape index (κ1) is 12.6. The van der Waals surface area contributed by atoms with Crippen LogP contribution >= 0.6 is 11.3 Å². The lowest BCUT2D eigenvalue weighted by atomic mass is 9.82. The van der Waals surface area contributed by atoms with E-state index < -0.39 is 5.60 Å². The lowest BCUT2D eigenvalue weighted by molar-refractivity contribution is -0.127. The largest absolute Gasteiger partial charge is 0.389 e. The molecule has 1 saturated carbocycles. The number of amides is 1. The molecule has 0 aliphatic heterocycles. The topological polar surface area (TPSA) is 49.3 Å². The second-order valence-corrected chi connectivity index (χ2v) is 5.65. The normalized spacial score (nSPS) is 18.9. The van der Waals surface area contributed by atoms with Gasteiger partial charge in [-0.2, -0.15) is 11.3 Å². The molecule has 0 unspecified atom stereocenters. The van der Waals surface area contributed by atoms with E-state index in [0.29, 0.717) is 6.54 Å². The predicted molar refractivity (Wildman–Crippen MR) is 68.8 cm³/mol. The number of carbonyl (C=O) groups excluding carboxylic acids is 1. The third-order valence-corrected chi connectivity index (χ3v) is 4.08. The third-order valence-electron chi connectivity index (χ3n) is 3.34. The van der Waals surface area contributed by atoms with Gasteiger partial charge in [0.1, 0.15) is 0 Å². The zero-order valence-electron chi connectivity index (χ0n) is 9.95. The molecule has 1 amide bonds. The van der Waals surface area contributed by atoms with Crippen molar-refractivity contribution in [3.8, 4) is 0 Å². The van der Waals surface area contributed by atoms with E-state index in [4.69, 9.17) is 0 Å². The molecule has 1 aromatic heterocycles. The summed E-state index contributed by atoms with van der Waals surface area (Å²) in [6.07, 6.45) is 5.02. The minimum Gasteiger partial charge on any atom is -0.389 e. The van der Waals surface area contributed by atoms with Crippen LogP contribution in [0, 0.1) is 0 Å². The molecule has 2 N–H and O–H groups in total. The SMILES string of the molecule is O=C(CC1(O)CCCCC1)NCc1ccsc1. The maximum absolute atomic E-state index is 11.7. The molecule has 1 heterocycles. The quantitative estimate of drug-likeness (QED) is 0.866. The van der Waals surface area contributed by atoms with Gasteiger partial charge in [0.15, 0.2) is 0 Å². The maximum atomic E-state index is 11.7. The summed E-state index contributed by atoms with van der Waals surface area (Å²) in [5.41, 5.74) is 0.371. The van der Waals surface area contributed by atoms with E-state index in [9.17, 15) is 9.90 Å². The van der Waals surface area contributed by atoms with Gasteiger partial charge in [-0.25, -0.2) is 0 Å². The Hall–Kier alpha value is -0.870. The third kappa shape index (κ3) is 3.82. The lowest BCUT2D eigenvalue weighted by Crippen LogP contribution is -2.38. The molecule has 1 fully saturated rings. The molecule has 0 radical (unpaired) electrons. The molecule has 0 bridgehead atoms. The van der Waals surface area contributed by atoms with Crippen molar-refractivity contribution < 1.29 is 9.90 Å². The van der Waals surface area contributed by atoms with Gasteiger partial charge < -0.3 is 10.4 Å². The molecular weight excluding hydrogens is 234 g/mol. The predicted octanol–water partition coefficient (Wildman–Crippen LogP) is 2.45. The Labute approximate surface area is 106 Å². The monoisotopic (exact) mass is 253 g/mol. The molecule has 17 heavy (non-hydrogen) atoms. The highest BCUT2D eigenvalue weighted by molar-refractivity contribution is 7.07.